The number of aryl methyl sites for hydroxylation is 1. The Morgan fingerprint density at radius 1 is 1.17 bits per heavy atom. The van der Waals surface area contributed by atoms with E-state index in [0.29, 0.717) is 22.4 Å². The van der Waals surface area contributed by atoms with Gasteiger partial charge in [0, 0.05) is 9.86 Å². The van der Waals surface area contributed by atoms with Gasteiger partial charge in [0.05, 0.1) is 12.8 Å². The van der Waals surface area contributed by atoms with E-state index >= 15 is 0 Å². The van der Waals surface area contributed by atoms with Crippen LogP contribution in [0.4, 0.5) is 5.69 Å². The fraction of sp³-hybridized carbons (Fsp3) is 0.111. The highest BCUT2D eigenvalue weighted by Crippen LogP contribution is 2.26. The van der Waals surface area contributed by atoms with E-state index in [0.717, 1.165) is 10.0 Å². The number of hydrogen-bond acceptors (Lipinski definition) is 4. The molecule has 5 nitrogen and oxygen atoms in total. The third-order valence-corrected chi connectivity index (χ3v) is 4.04. The van der Waals surface area contributed by atoms with Gasteiger partial charge in [-0.3, -0.25) is 4.79 Å². The molecule has 0 spiro atoms. The van der Waals surface area contributed by atoms with Crippen molar-refractivity contribution in [1.29, 1.82) is 0 Å². The largest absolute Gasteiger partial charge is 0.495 e. The van der Waals surface area contributed by atoms with Gasteiger partial charge in [-0.05, 0) is 48.9 Å². The highest BCUT2D eigenvalue weighted by molar-refractivity contribution is 9.10. The summed E-state index contributed by atoms with van der Waals surface area (Å²) in [6.07, 6.45) is 0. The molecule has 0 unspecified atom stereocenters. The lowest BCUT2D eigenvalue weighted by molar-refractivity contribution is 0.102. The maximum Gasteiger partial charge on any atom is 0.349 e. The zero-order valence-corrected chi connectivity index (χ0v) is 14.6. The smallest absolute Gasteiger partial charge is 0.349 e. The van der Waals surface area contributed by atoms with Gasteiger partial charge >= 0.3 is 5.63 Å². The molecule has 0 radical (unpaired) electrons. The summed E-state index contributed by atoms with van der Waals surface area (Å²) < 4.78 is 11.3. The van der Waals surface area contributed by atoms with Crippen LogP contribution in [0.1, 0.15) is 15.9 Å². The molecule has 0 saturated carbocycles. The van der Waals surface area contributed by atoms with Crippen molar-refractivity contribution < 1.29 is 13.9 Å². The number of halogens is 1. The molecular weight excluding hydrogens is 374 g/mol. The molecule has 3 rings (SSSR count). The Kier molecular flexibility index (Phi) is 4.40. The first kappa shape index (κ1) is 16.3. The van der Waals surface area contributed by atoms with Gasteiger partial charge < -0.3 is 14.5 Å². The second-order valence-electron chi connectivity index (χ2n) is 5.29. The van der Waals surface area contributed by atoms with E-state index in [1.165, 1.54) is 13.2 Å². The molecular formula is C18H14BrNO4. The molecule has 1 heterocycles. The summed E-state index contributed by atoms with van der Waals surface area (Å²) in [5.74, 6) is -0.0311. The minimum Gasteiger partial charge on any atom is -0.495 e. The average Bonchev–Trinajstić information content (AvgIpc) is 2.54. The van der Waals surface area contributed by atoms with Gasteiger partial charge in [0.25, 0.3) is 5.91 Å². The maximum absolute atomic E-state index is 12.5. The first-order valence-electron chi connectivity index (χ1n) is 7.17. The average molecular weight is 388 g/mol. The Bertz CT molecular complexity index is 994. The second-order valence-corrected chi connectivity index (χ2v) is 6.20. The van der Waals surface area contributed by atoms with Gasteiger partial charge in [-0.1, -0.05) is 22.0 Å². The summed E-state index contributed by atoms with van der Waals surface area (Å²) in [6.45, 7) is 1.90. The topological polar surface area (TPSA) is 68.5 Å². The van der Waals surface area contributed by atoms with Crippen LogP contribution in [-0.4, -0.2) is 13.0 Å². The Morgan fingerprint density at radius 3 is 2.71 bits per heavy atom. The lowest BCUT2D eigenvalue weighted by Gasteiger charge is -2.11. The SMILES string of the molecule is COc1ccc(C)cc1NC(=O)c1cc2cc(Br)ccc2oc1=O. The molecule has 0 saturated heterocycles. The van der Waals surface area contributed by atoms with Crippen LogP contribution < -0.4 is 15.7 Å². The van der Waals surface area contributed by atoms with Gasteiger partial charge in [0.1, 0.15) is 16.9 Å². The quantitative estimate of drug-likeness (QED) is 0.686. The van der Waals surface area contributed by atoms with Crippen LogP contribution in [0.15, 0.2) is 56.1 Å². The van der Waals surface area contributed by atoms with E-state index in [1.807, 2.05) is 13.0 Å². The zero-order chi connectivity index (χ0) is 17.3. The van der Waals surface area contributed by atoms with E-state index in [-0.39, 0.29) is 5.56 Å². The summed E-state index contributed by atoms with van der Waals surface area (Å²) >= 11 is 3.36. The monoisotopic (exact) mass is 387 g/mol. The number of hydrogen-bond donors (Lipinski definition) is 1. The van der Waals surface area contributed by atoms with Crippen molar-refractivity contribution in [3.63, 3.8) is 0 Å². The molecule has 0 aliphatic rings. The molecule has 0 bridgehead atoms. The molecule has 1 amide bonds. The van der Waals surface area contributed by atoms with E-state index in [1.54, 1.807) is 30.3 Å². The van der Waals surface area contributed by atoms with E-state index in [9.17, 15) is 9.59 Å². The summed E-state index contributed by atoms with van der Waals surface area (Å²) in [4.78, 5) is 24.6. The van der Waals surface area contributed by atoms with Crippen LogP contribution in [0.3, 0.4) is 0 Å². The number of rotatable bonds is 3. The molecule has 1 aromatic heterocycles. The lowest BCUT2D eigenvalue weighted by atomic mass is 10.1. The molecule has 2 aromatic carbocycles. The van der Waals surface area contributed by atoms with Gasteiger partial charge in [-0.15, -0.1) is 0 Å². The molecule has 24 heavy (non-hydrogen) atoms. The third kappa shape index (κ3) is 3.19. The lowest BCUT2D eigenvalue weighted by Crippen LogP contribution is -2.21. The predicted molar refractivity (Wildman–Crippen MR) is 95.9 cm³/mol. The molecule has 1 N–H and O–H groups in total. The first-order valence-corrected chi connectivity index (χ1v) is 7.96. The number of ether oxygens (including phenoxy) is 1. The summed E-state index contributed by atoms with van der Waals surface area (Å²) in [5, 5.41) is 3.36. The van der Waals surface area contributed by atoms with Crippen LogP contribution in [0.25, 0.3) is 11.0 Å². The number of nitrogens with one attached hydrogen (secondary N) is 1. The highest BCUT2D eigenvalue weighted by atomic mass is 79.9. The predicted octanol–water partition coefficient (Wildman–Crippen LogP) is 4.12. The van der Waals surface area contributed by atoms with Crippen LogP contribution in [0.5, 0.6) is 5.75 Å². The number of anilines is 1. The molecule has 0 aliphatic carbocycles. The van der Waals surface area contributed by atoms with Crippen LogP contribution in [0, 0.1) is 6.92 Å². The van der Waals surface area contributed by atoms with Crippen molar-refractivity contribution in [3.8, 4) is 5.75 Å². The molecule has 0 fully saturated rings. The second kappa shape index (κ2) is 6.49. The van der Waals surface area contributed by atoms with Gasteiger partial charge in [-0.2, -0.15) is 0 Å². The van der Waals surface area contributed by atoms with Crippen LogP contribution >= 0.6 is 15.9 Å². The fourth-order valence-corrected chi connectivity index (χ4v) is 2.74. The van der Waals surface area contributed by atoms with Crippen molar-refractivity contribution in [2.24, 2.45) is 0 Å². The normalized spacial score (nSPS) is 10.6. The van der Waals surface area contributed by atoms with Gasteiger partial charge in [-0.25, -0.2) is 4.79 Å². The van der Waals surface area contributed by atoms with Gasteiger partial charge in [0.15, 0.2) is 0 Å². The number of benzene rings is 2. The first-order chi connectivity index (χ1) is 11.5. The molecule has 3 aromatic rings. The number of amides is 1. The standard InChI is InChI=1S/C18H14BrNO4/c1-10-3-5-16(23-2)14(7-10)20-17(21)13-9-11-8-12(19)4-6-15(11)24-18(13)22/h3-9H,1-2H3,(H,20,21). The van der Waals surface area contributed by atoms with Crippen molar-refractivity contribution in [3.05, 3.63) is 68.5 Å². The molecule has 0 atom stereocenters. The highest BCUT2D eigenvalue weighted by Gasteiger charge is 2.16. The van der Waals surface area contributed by atoms with E-state index < -0.39 is 11.5 Å². The van der Waals surface area contributed by atoms with Gasteiger partial charge in [0.2, 0.25) is 0 Å². The maximum atomic E-state index is 12.5. The van der Waals surface area contributed by atoms with E-state index in [2.05, 4.69) is 21.2 Å². The fourth-order valence-electron chi connectivity index (χ4n) is 2.36. The molecule has 0 aliphatic heterocycles. The zero-order valence-electron chi connectivity index (χ0n) is 13.1. The minimum absolute atomic E-state index is 0.0656. The Morgan fingerprint density at radius 2 is 1.96 bits per heavy atom. The Labute approximate surface area is 146 Å². The van der Waals surface area contributed by atoms with Crippen LogP contribution in [-0.2, 0) is 0 Å². The number of fused-ring (bicyclic) bond motifs is 1. The number of carbonyl (C=O) groups excluding carboxylic acids is 1. The van der Waals surface area contributed by atoms with E-state index in [4.69, 9.17) is 9.15 Å². The Hall–Kier alpha value is -2.60. The van der Waals surface area contributed by atoms with Crippen molar-refractivity contribution in [1.82, 2.24) is 0 Å². The van der Waals surface area contributed by atoms with Crippen LogP contribution in [0.2, 0.25) is 0 Å². The third-order valence-electron chi connectivity index (χ3n) is 3.54. The van der Waals surface area contributed by atoms with Crippen molar-refractivity contribution in [2.75, 3.05) is 12.4 Å². The summed E-state index contributed by atoms with van der Waals surface area (Å²) in [6, 6.07) is 12.1. The molecule has 6 heteroatoms. The number of carbonyl (C=O) groups is 1. The summed E-state index contributed by atoms with van der Waals surface area (Å²) in [5.41, 5.74) is 1.13. The van der Waals surface area contributed by atoms with Crippen molar-refractivity contribution in [2.45, 2.75) is 6.92 Å². The Balaban J connectivity index is 2.01. The number of methoxy groups -OCH3 is 1. The molecule has 122 valence electrons. The van der Waals surface area contributed by atoms with Crippen molar-refractivity contribution >= 4 is 38.5 Å². The minimum atomic E-state index is -0.686. The summed E-state index contributed by atoms with van der Waals surface area (Å²) in [7, 11) is 1.52.